The highest BCUT2D eigenvalue weighted by Crippen LogP contribution is 2.30. The fourth-order valence-corrected chi connectivity index (χ4v) is 4.32. The molecule has 1 saturated heterocycles. The van der Waals surface area contributed by atoms with Crippen molar-refractivity contribution in [2.75, 3.05) is 45.7 Å². The Morgan fingerprint density at radius 2 is 1.87 bits per heavy atom. The topological polar surface area (TPSA) is 158 Å². The molecule has 192 valence electrons. The number of fused-ring (bicyclic) bond motifs is 2. The second-order valence-corrected chi connectivity index (χ2v) is 9.03. The van der Waals surface area contributed by atoms with Crippen molar-refractivity contribution in [3.63, 3.8) is 0 Å². The van der Waals surface area contributed by atoms with Crippen molar-refractivity contribution in [3.8, 4) is 22.6 Å². The standard InChI is InChI=1S/C25H24N10O3/c1-34(2)24(36)17-3-4-27-22-19(17)30-23(31-22)20-18-10-15(12-28-21(18)33-32-20)14-9-16(13-26-11-14)29-25(37)35-5-7-38-8-6-35/h3-4,9-13H,5-8H2,1-2H3,(H,29,37)(H,27,30,31)(H,28,32,33). The van der Waals surface area contributed by atoms with E-state index in [0.29, 0.717) is 65.9 Å². The fourth-order valence-electron chi connectivity index (χ4n) is 4.32. The first kappa shape index (κ1) is 23.5. The molecule has 13 heteroatoms. The van der Waals surface area contributed by atoms with Gasteiger partial charge in [-0.1, -0.05) is 0 Å². The van der Waals surface area contributed by atoms with Crippen molar-refractivity contribution in [1.29, 1.82) is 0 Å². The van der Waals surface area contributed by atoms with Crippen LogP contribution in [0.15, 0.2) is 43.0 Å². The number of aromatic amines is 2. The van der Waals surface area contributed by atoms with Crippen LogP contribution in [0.2, 0.25) is 0 Å². The van der Waals surface area contributed by atoms with Crippen molar-refractivity contribution in [3.05, 3.63) is 48.5 Å². The van der Waals surface area contributed by atoms with Crippen molar-refractivity contribution in [2.45, 2.75) is 0 Å². The van der Waals surface area contributed by atoms with Crippen LogP contribution >= 0.6 is 0 Å². The summed E-state index contributed by atoms with van der Waals surface area (Å²) in [6, 6.07) is 5.24. The molecule has 38 heavy (non-hydrogen) atoms. The molecule has 0 atom stereocenters. The van der Waals surface area contributed by atoms with Gasteiger partial charge in [-0.3, -0.25) is 14.9 Å². The SMILES string of the molecule is CN(C)C(=O)c1ccnc2nc(-c3[nH]nc4ncc(-c5cncc(NC(=O)N6CCOCC6)c5)cc34)[nH]c12. The Hall–Kier alpha value is -4.91. The monoisotopic (exact) mass is 512 g/mol. The summed E-state index contributed by atoms with van der Waals surface area (Å²) < 4.78 is 5.31. The van der Waals surface area contributed by atoms with Gasteiger partial charge in [0.1, 0.15) is 5.69 Å². The largest absolute Gasteiger partial charge is 0.378 e. The number of urea groups is 1. The van der Waals surface area contributed by atoms with Crippen molar-refractivity contribution >= 4 is 39.8 Å². The first-order valence-electron chi connectivity index (χ1n) is 12.0. The maximum absolute atomic E-state index is 12.6. The maximum Gasteiger partial charge on any atom is 0.322 e. The summed E-state index contributed by atoms with van der Waals surface area (Å²) in [7, 11) is 3.39. The van der Waals surface area contributed by atoms with E-state index in [2.05, 4.69) is 40.4 Å². The molecule has 0 radical (unpaired) electrons. The lowest BCUT2D eigenvalue weighted by Crippen LogP contribution is -2.43. The minimum atomic E-state index is -0.191. The summed E-state index contributed by atoms with van der Waals surface area (Å²) in [5.41, 5.74) is 4.70. The number of hydrogen-bond donors (Lipinski definition) is 3. The molecule has 1 aliphatic rings. The van der Waals surface area contributed by atoms with Crippen LogP contribution in [0, 0.1) is 0 Å². The van der Waals surface area contributed by atoms with Gasteiger partial charge >= 0.3 is 6.03 Å². The number of imidazole rings is 1. The summed E-state index contributed by atoms with van der Waals surface area (Å²) >= 11 is 0. The minimum Gasteiger partial charge on any atom is -0.378 e. The summed E-state index contributed by atoms with van der Waals surface area (Å²) in [5, 5.41) is 10.9. The Balaban J connectivity index is 1.33. The molecular formula is C25H24N10O3. The van der Waals surface area contributed by atoms with E-state index in [1.807, 2.05) is 12.1 Å². The van der Waals surface area contributed by atoms with Gasteiger partial charge in [-0.05, 0) is 18.2 Å². The van der Waals surface area contributed by atoms with Crippen LogP contribution in [0.5, 0.6) is 0 Å². The average Bonchev–Trinajstić information content (AvgIpc) is 3.57. The number of ether oxygens (including phenoxy) is 1. The molecule has 5 aromatic rings. The molecule has 1 aliphatic heterocycles. The number of anilines is 1. The van der Waals surface area contributed by atoms with Crippen LogP contribution in [0.25, 0.3) is 44.8 Å². The molecule has 6 heterocycles. The molecule has 3 amide bonds. The Labute approximate surface area is 216 Å². The van der Waals surface area contributed by atoms with E-state index in [9.17, 15) is 9.59 Å². The second-order valence-electron chi connectivity index (χ2n) is 9.03. The average molecular weight is 513 g/mol. The predicted octanol–water partition coefficient (Wildman–Crippen LogP) is 2.52. The van der Waals surface area contributed by atoms with Crippen LogP contribution in [0.1, 0.15) is 10.4 Å². The third-order valence-electron chi connectivity index (χ3n) is 6.30. The lowest BCUT2D eigenvalue weighted by Gasteiger charge is -2.26. The zero-order chi connectivity index (χ0) is 26.2. The van der Waals surface area contributed by atoms with E-state index in [-0.39, 0.29) is 11.9 Å². The Morgan fingerprint density at radius 1 is 1.05 bits per heavy atom. The number of morpholine rings is 1. The van der Waals surface area contributed by atoms with Gasteiger partial charge in [0.25, 0.3) is 5.91 Å². The Bertz CT molecular complexity index is 1670. The highest BCUT2D eigenvalue weighted by Gasteiger charge is 2.20. The molecule has 0 unspecified atom stereocenters. The Morgan fingerprint density at radius 3 is 2.68 bits per heavy atom. The fraction of sp³-hybridized carbons (Fsp3) is 0.240. The number of carbonyl (C=O) groups excluding carboxylic acids is 2. The zero-order valence-corrected chi connectivity index (χ0v) is 20.7. The van der Waals surface area contributed by atoms with Gasteiger partial charge in [0, 0.05) is 56.9 Å². The summed E-state index contributed by atoms with van der Waals surface area (Å²) in [6.45, 7) is 2.15. The maximum atomic E-state index is 12.6. The summed E-state index contributed by atoms with van der Waals surface area (Å²) in [5.74, 6) is 0.330. The molecule has 0 bridgehead atoms. The molecule has 13 nitrogen and oxygen atoms in total. The van der Waals surface area contributed by atoms with E-state index < -0.39 is 0 Å². The van der Waals surface area contributed by atoms with Crippen LogP contribution < -0.4 is 5.32 Å². The zero-order valence-electron chi connectivity index (χ0n) is 20.7. The molecule has 1 fully saturated rings. The van der Waals surface area contributed by atoms with Crippen LogP contribution in [-0.2, 0) is 4.74 Å². The van der Waals surface area contributed by atoms with Gasteiger partial charge in [0.05, 0.1) is 41.6 Å². The minimum absolute atomic E-state index is 0.154. The van der Waals surface area contributed by atoms with Crippen LogP contribution in [0.3, 0.4) is 0 Å². The van der Waals surface area contributed by atoms with Gasteiger partial charge in [0.15, 0.2) is 17.1 Å². The highest BCUT2D eigenvalue weighted by atomic mass is 16.5. The third-order valence-corrected chi connectivity index (χ3v) is 6.30. The van der Waals surface area contributed by atoms with Crippen LogP contribution in [0.4, 0.5) is 10.5 Å². The number of amides is 3. The predicted molar refractivity (Wildman–Crippen MR) is 139 cm³/mol. The van der Waals surface area contributed by atoms with E-state index >= 15 is 0 Å². The second kappa shape index (κ2) is 9.52. The molecule has 0 saturated carbocycles. The van der Waals surface area contributed by atoms with Gasteiger partial charge in [0.2, 0.25) is 0 Å². The van der Waals surface area contributed by atoms with E-state index in [1.165, 1.54) is 4.90 Å². The molecule has 0 aromatic carbocycles. The van der Waals surface area contributed by atoms with Gasteiger partial charge in [-0.15, -0.1) is 0 Å². The molecule has 3 N–H and O–H groups in total. The van der Waals surface area contributed by atoms with E-state index in [0.717, 1.165) is 16.5 Å². The van der Waals surface area contributed by atoms with Crippen molar-refractivity contribution in [1.82, 2.24) is 44.9 Å². The molecule has 5 aromatic heterocycles. The number of rotatable bonds is 4. The molecular weight excluding hydrogens is 488 g/mol. The smallest absolute Gasteiger partial charge is 0.322 e. The quantitative estimate of drug-likeness (QED) is 0.331. The highest BCUT2D eigenvalue weighted by molar-refractivity contribution is 6.04. The van der Waals surface area contributed by atoms with Crippen molar-refractivity contribution in [2.24, 2.45) is 0 Å². The number of hydrogen-bond acceptors (Lipinski definition) is 8. The molecule has 0 spiro atoms. The van der Waals surface area contributed by atoms with Gasteiger partial charge in [-0.25, -0.2) is 19.7 Å². The number of aromatic nitrogens is 7. The number of nitrogens with zero attached hydrogens (tertiary/aromatic N) is 7. The van der Waals surface area contributed by atoms with Gasteiger partial charge in [-0.2, -0.15) is 5.10 Å². The first-order valence-corrected chi connectivity index (χ1v) is 12.0. The first-order chi connectivity index (χ1) is 18.5. The number of H-pyrrole nitrogens is 2. The molecule has 0 aliphatic carbocycles. The van der Waals surface area contributed by atoms with Gasteiger partial charge < -0.3 is 24.8 Å². The normalized spacial score (nSPS) is 13.7. The number of pyridine rings is 3. The van der Waals surface area contributed by atoms with Crippen LogP contribution in [-0.4, -0.2) is 97.3 Å². The Kier molecular flexibility index (Phi) is 5.88. The number of nitrogens with one attached hydrogen (secondary N) is 3. The lowest BCUT2D eigenvalue weighted by atomic mass is 10.1. The van der Waals surface area contributed by atoms with Crippen molar-refractivity contribution < 1.29 is 14.3 Å². The third kappa shape index (κ3) is 4.28. The molecule has 6 rings (SSSR count). The summed E-state index contributed by atoms with van der Waals surface area (Å²) in [6.07, 6.45) is 6.57. The van der Waals surface area contributed by atoms with E-state index in [1.54, 1.807) is 49.8 Å². The lowest BCUT2D eigenvalue weighted by molar-refractivity contribution is 0.0564. The number of carbonyl (C=O) groups is 2. The van der Waals surface area contributed by atoms with E-state index in [4.69, 9.17) is 4.74 Å². The summed E-state index contributed by atoms with van der Waals surface area (Å²) in [4.78, 5) is 49.4.